The van der Waals surface area contributed by atoms with Crippen LogP contribution in [-0.4, -0.2) is 45.9 Å². The number of carbonyl (C=O) groups is 1. The molecule has 166 valence electrons. The number of anilines is 1. The van der Waals surface area contributed by atoms with Gasteiger partial charge in [0.05, 0.1) is 31.6 Å². The molecule has 0 radical (unpaired) electrons. The van der Waals surface area contributed by atoms with Crippen molar-refractivity contribution >= 4 is 21.6 Å². The Morgan fingerprint density at radius 3 is 2.65 bits per heavy atom. The van der Waals surface area contributed by atoms with Crippen molar-refractivity contribution in [3.8, 4) is 17.2 Å². The van der Waals surface area contributed by atoms with Crippen molar-refractivity contribution in [2.75, 3.05) is 24.2 Å². The van der Waals surface area contributed by atoms with E-state index in [1.807, 2.05) is 26.0 Å². The molecule has 2 aliphatic rings. The molecule has 9 heteroatoms. The van der Waals surface area contributed by atoms with Gasteiger partial charge in [0.25, 0.3) is 5.91 Å². The molecule has 0 aliphatic carbocycles. The maximum atomic E-state index is 13.2. The number of carbonyl (C=O) groups excluding carboxylic acids is 1. The van der Waals surface area contributed by atoms with Crippen molar-refractivity contribution in [1.29, 1.82) is 0 Å². The molecule has 1 N–H and O–H groups in total. The predicted molar refractivity (Wildman–Crippen MR) is 116 cm³/mol. The summed E-state index contributed by atoms with van der Waals surface area (Å²) >= 11 is 0. The molecule has 2 atom stereocenters. The van der Waals surface area contributed by atoms with Gasteiger partial charge in [0, 0.05) is 18.1 Å². The first-order chi connectivity index (χ1) is 14.6. The molecule has 2 aromatic carbocycles. The van der Waals surface area contributed by atoms with E-state index in [9.17, 15) is 13.2 Å². The second-order valence-corrected chi connectivity index (χ2v) is 10.3. The first-order valence-corrected chi connectivity index (χ1v) is 11.8. The molecular formula is C22H26N2O6S. The summed E-state index contributed by atoms with van der Waals surface area (Å²) in [6.45, 7) is 3.81. The highest BCUT2D eigenvalue weighted by molar-refractivity contribution is 7.92. The molecule has 2 heterocycles. The van der Waals surface area contributed by atoms with E-state index in [2.05, 4.69) is 5.32 Å². The summed E-state index contributed by atoms with van der Waals surface area (Å²) in [6.07, 6.45) is 0.698. The van der Waals surface area contributed by atoms with E-state index < -0.39 is 21.7 Å². The maximum absolute atomic E-state index is 13.2. The Hall–Kier alpha value is -2.94. The Balaban J connectivity index is 1.60. The Labute approximate surface area is 182 Å². The number of methoxy groups -OCH3 is 1. The minimum Gasteiger partial charge on any atom is -0.497 e. The molecule has 2 aliphatic heterocycles. The van der Waals surface area contributed by atoms with Crippen molar-refractivity contribution < 1.29 is 27.4 Å². The molecule has 2 aromatic rings. The van der Waals surface area contributed by atoms with Gasteiger partial charge in [-0.3, -0.25) is 9.10 Å². The molecule has 8 nitrogen and oxygen atoms in total. The van der Waals surface area contributed by atoms with Crippen molar-refractivity contribution in [3.63, 3.8) is 0 Å². The van der Waals surface area contributed by atoms with Crippen molar-refractivity contribution in [1.82, 2.24) is 5.32 Å². The molecule has 31 heavy (non-hydrogen) atoms. The van der Waals surface area contributed by atoms with Gasteiger partial charge < -0.3 is 19.5 Å². The number of ether oxygens (including phenoxy) is 3. The monoisotopic (exact) mass is 446 g/mol. The van der Waals surface area contributed by atoms with Crippen LogP contribution in [0.5, 0.6) is 17.2 Å². The quantitative estimate of drug-likeness (QED) is 0.776. The maximum Gasteiger partial charge on any atom is 0.263 e. The van der Waals surface area contributed by atoms with E-state index in [0.717, 1.165) is 11.8 Å². The molecule has 0 saturated carbocycles. The summed E-state index contributed by atoms with van der Waals surface area (Å²) in [7, 11) is -1.99. The van der Waals surface area contributed by atoms with Gasteiger partial charge in [0.2, 0.25) is 10.0 Å². The van der Waals surface area contributed by atoms with Gasteiger partial charge in [-0.25, -0.2) is 8.42 Å². The van der Waals surface area contributed by atoms with Crippen LogP contribution in [0.15, 0.2) is 42.5 Å². The normalized spacial score (nSPS) is 21.7. The second kappa shape index (κ2) is 7.64. The molecule has 0 spiro atoms. The number of fused-ring (bicyclic) bond motifs is 2. The fourth-order valence-corrected chi connectivity index (χ4v) is 4.92. The van der Waals surface area contributed by atoms with E-state index in [0.29, 0.717) is 29.4 Å². The van der Waals surface area contributed by atoms with Crippen LogP contribution in [0.2, 0.25) is 0 Å². The fourth-order valence-electron chi connectivity index (χ4n) is 4.01. The zero-order chi connectivity index (χ0) is 22.4. The number of benzene rings is 2. The number of nitrogens with zero attached hydrogens (tertiary/aromatic N) is 1. The van der Waals surface area contributed by atoms with Gasteiger partial charge in [-0.15, -0.1) is 0 Å². The highest BCUT2D eigenvalue weighted by Crippen LogP contribution is 2.41. The smallest absolute Gasteiger partial charge is 0.263 e. The van der Waals surface area contributed by atoms with Crippen LogP contribution in [-0.2, 0) is 14.8 Å². The second-order valence-electron chi connectivity index (χ2n) is 8.40. The average molecular weight is 447 g/mol. The topological polar surface area (TPSA) is 94.2 Å². The van der Waals surface area contributed by atoms with Crippen molar-refractivity contribution in [2.24, 2.45) is 0 Å². The van der Waals surface area contributed by atoms with Gasteiger partial charge in [-0.2, -0.15) is 0 Å². The van der Waals surface area contributed by atoms with Gasteiger partial charge in [0.15, 0.2) is 6.10 Å². The van der Waals surface area contributed by atoms with Crippen LogP contribution < -0.4 is 23.8 Å². The van der Waals surface area contributed by atoms with E-state index in [4.69, 9.17) is 14.2 Å². The molecule has 1 amide bonds. The van der Waals surface area contributed by atoms with Gasteiger partial charge in [-0.05, 0) is 38.1 Å². The summed E-state index contributed by atoms with van der Waals surface area (Å²) in [4.78, 5) is 13.2. The van der Waals surface area contributed by atoms with E-state index in [1.165, 1.54) is 4.31 Å². The van der Waals surface area contributed by atoms with Crippen LogP contribution >= 0.6 is 0 Å². The third-order valence-electron chi connectivity index (χ3n) is 5.42. The van der Waals surface area contributed by atoms with Crippen LogP contribution in [0.25, 0.3) is 0 Å². The molecule has 0 bridgehead atoms. The van der Waals surface area contributed by atoms with Crippen LogP contribution in [0.3, 0.4) is 0 Å². The predicted octanol–water partition coefficient (Wildman–Crippen LogP) is 2.64. The summed E-state index contributed by atoms with van der Waals surface area (Å²) < 4.78 is 43.1. The minimum absolute atomic E-state index is 0.0935. The summed E-state index contributed by atoms with van der Waals surface area (Å²) in [5, 5.41) is 3.03. The first kappa shape index (κ1) is 21.3. The largest absolute Gasteiger partial charge is 0.497 e. The van der Waals surface area contributed by atoms with Crippen molar-refractivity contribution in [3.05, 3.63) is 48.0 Å². The summed E-state index contributed by atoms with van der Waals surface area (Å²) in [6, 6.07) is 12.0. The summed E-state index contributed by atoms with van der Waals surface area (Å²) in [5.41, 5.74) is 0.763. The lowest BCUT2D eigenvalue weighted by molar-refractivity contribution is -0.129. The fraction of sp³-hybridized carbons (Fsp3) is 0.409. The third-order valence-corrected chi connectivity index (χ3v) is 6.57. The number of para-hydroxylation sites is 2. The zero-order valence-corrected chi connectivity index (χ0v) is 18.7. The molecule has 0 aromatic heterocycles. The highest BCUT2D eigenvalue weighted by atomic mass is 32.2. The van der Waals surface area contributed by atoms with Crippen molar-refractivity contribution in [2.45, 2.75) is 38.0 Å². The van der Waals surface area contributed by atoms with Crippen LogP contribution in [0.1, 0.15) is 31.9 Å². The van der Waals surface area contributed by atoms with E-state index in [-0.39, 0.29) is 18.5 Å². The van der Waals surface area contributed by atoms with Gasteiger partial charge >= 0.3 is 0 Å². The van der Waals surface area contributed by atoms with E-state index in [1.54, 1.807) is 37.4 Å². The lowest BCUT2D eigenvalue weighted by atomic mass is 9.89. The van der Waals surface area contributed by atoms with Gasteiger partial charge in [-0.1, -0.05) is 12.1 Å². The number of sulfonamides is 1. The molecule has 0 saturated heterocycles. The molecule has 4 rings (SSSR count). The Morgan fingerprint density at radius 2 is 1.94 bits per heavy atom. The van der Waals surface area contributed by atoms with Crippen LogP contribution in [0.4, 0.5) is 5.69 Å². The number of hydrogen-bond donors (Lipinski definition) is 1. The molecule has 0 fully saturated rings. The van der Waals surface area contributed by atoms with Gasteiger partial charge in [0.1, 0.15) is 22.8 Å². The molecule has 0 unspecified atom stereocenters. The number of hydrogen-bond acceptors (Lipinski definition) is 6. The minimum atomic E-state index is -3.57. The first-order valence-electron chi connectivity index (χ1n) is 9.98. The lowest BCUT2D eigenvalue weighted by Gasteiger charge is -2.39. The Morgan fingerprint density at radius 1 is 1.19 bits per heavy atom. The lowest BCUT2D eigenvalue weighted by Crippen LogP contribution is -2.52. The third kappa shape index (κ3) is 4.27. The summed E-state index contributed by atoms with van der Waals surface area (Å²) in [5.74, 6) is 1.29. The Kier molecular flexibility index (Phi) is 5.25. The SMILES string of the molecule is COc1ccc2c(c1)OC(C)(C)C[C@H]2NC(=O)[C@@H]1CN(S(C)(=O)=O)c2ccccc2O1. The Bertz CT molecular complexity index is 1110. The zero-order valence-electron chi connectivity index (χ0n) is 17.9. The van der Waals surface area contributed by atoms with E-state index >= 15 is 0 Å². The number of nitrogens with one attached hydrogen (secondary N) is 1. The average Bonchev–Trinajstić information content (AvgIpc) is 2.70. The number of rotatable bonds is 4. The van der Waals surface area contributed by atoms with Crippen LogP contribution in [0, 0.1) is 0 Å². The number of amides is 1. The standard InChI is InChI=1S/C22H26N2O6S/c1-22(2)12-16(15-10-9-14(28-3)11-19(15)30-22)23-21(25)20-13-24(31(4,26)27)17-7-5-6-8-18(17)29-20/h5-11,16,20H,12-13H2,1-4H3,(H,23,25)/t16-,20+/m1/s1. The molecular weight excluding hydrogens is 420 g/mol. The highest BCUT2D eigenvalue weighted by Gasteiger charge is 2.39.